The van der Waals surface area contributed by atoms with Gasteiger partial charge in [-0.15, -0.1) is 0 Å². The van der Waals surface area contributed by atoms with Crippen LogP contribution in [0.4, 0.5) is 0 Å². The molecule has 1 aromatic carbocycles. The average Bonchev–Trinajstić information content (AvgIpc) is 2.75. The molecule has 0 unspecified atom stereocenters. The van der Waals surface area contributed by atoms with E-state index in [-0.39, 0.29) is 0 Å². The molecule has 2 heteroatoms. The number of aliphatic hydroxyl groups is 1. The Balaban J connectivity index is 2.51. The van der Waals surface area contributed by atoms with Crippen molar-refractivity contribution >= 4 is 11.6 Å². The Kier molecular flexibility index (Phi) is 1.67. The Morgan fingerprint density at radius 1 is 1.42 bits per heavy atom. The predicted molar refractivity (Wildman–Crippen MR) is 49.3 cm³/mol. The first-order valence-corrected chi connectivity index (χ1v) is 4.49. The van der Waals surface area contributed by atoms with Gasteiger partial charge in [0.05, 0.1) is 5.60 Å². The van der Waals surface area contributed by atoms with Gasteiger partial charge in [0.25, 0.3) is 0 Å². The SMILES string of the molecule is Cc1cccc(C2(O)CC2)c1Cl. The molecule has 2 rings (SSSR count). The second-order valence-electron chi connectivity index (χ2n) is 3.47. The molecule has 0 spiro atoms. The summed E-state index contributed by atoms with van der Waals surface area (Å²) in [6, 6.07) is 5.80. The lowest BCUT2D eigenvalue weighted by Gasteiger charge is -2.11. The molecule has 1 aliphatic carbocycles. The molecule has 0 aliphatic heterocycles. The summed E-state index contributed by atoms with van der Waals surface area (Å²) in [6.45, 7) is 1.96. The zero-order valence-electron chi connectivity index (χ0n) is 6.97. The van der Waals surface area contributed by atoms with Crippen LogP contribution in [0.5, 0.6) is 0 Å². The van der Waals surface area contributed by atoms with E-state index in [2.05, 4.69) is 0 Å². The highest BCUT2D eigenvalue weighted by atomic mass is 35.5. The zero-order chi connectivity index (χ0) is 8.77. The van der Waals surface area contributed by atoms with Gasteiger partial charge in [0.1, 0.15) is 0 Å². The van der Waals surface area contributed by atoms with E-state index in [1.54, 1.807) is 0 Å². The van der Waals surface area contributed by atoms with Crippen molar-refractivity contribution in [2.24, 2.45) is 0 Å². The zero-order valence-corrected chi connectivity index (χ0v) is 7.73. The van der Waals surface area contributed by atoms with E-state index in [1.165, 1.54) is 0 Å². The Hall–Kier alpha value is -0.530. The molecule has 1 aromatic rings. The molecule has 0 radical (unpaired) electrons. The number of halogens is 1. The van der Waals surface area contributed by atoms with E-state index >= 15 is 0 Å². The van der Waals surface area contributed by atoms with Gasteiger partial charge >= 0.3 is 0 Å². The van der Waals surface area contributed by atoms with E-state index in [0.717, 1.165) is 29.0 Å². The first-order chi connectivity index (χ1) is 5.63. The van der Waals surface area contributed by atoms with Crippen LogP contribution in [0.2, 0.25) is 5.02 Å². The third-order valence-corrected chi connectivity index (χ3v) is 2.92. The van der Waals surface area contributed by atoms with E-state index in [9.17, 15) is 5.11 Å². The van der Waals surface area contributed by atoms with Crippen LogP contribution in [-0.2, 0) is 5.60 Å². The molecule has 0 atom stereocenters. The largest absolute Gasteiger partial charge is 0.385 e. The average molecular weight is 183 g/mol. The Morgan fingerprint density at radius 2 is 2.08 bits per heavy atom. The fourth-order valence-corrected chi connectivity index (χ4v) is 1.70. The molecular formula is C10H11ClO. The first-order valence-electron chi connectivity index (χ1n) is 4.11. The third-order valence-electron chi connectivity index (χ3n) is 2.42. The summed E-state index contributed by atoms with van der Waals surface area (Å²) in [5.41, 5.74) is 1.32. The third kappa shape index (κ3) is 1.13. The maximum atomic E-state index is 9.82. The molecule has 1 nitrogen and oxygen atoms in total. The maximum absolute atomic E-state index is 9.82. The first kappa shape index (κ1) is 8.09. The van der Waals surface area contributed by atoms with Crippen LogP contribution in [0.15, 0.2) is 18.2 Å². The van der Waals surface area contributed by atoms with Gasteiger partial charge in [-0.2, -0.15) is 0 Å². The van der Waals surface area contributed by atoms with Crippen molar-refractivity contribution in [2.45, 2.75) is 25.4 Å². The van der Waals surface area contributed by atoms with E-state index < -0.39 is 5.60 Å². The van der Waals surface area contributed by atoms with E-state index in [0.29, 0.717) is 0 Å². The summed E-state index contributed by atoms with van der Waals surface area (Å²) in [7, 11) is 0. The predicted octanol–water partition coefficient (Wildman–Crippen LogP) is 2.63. The molecule has 0 aromatic heterocycles. The van der Waals surface area contributed by atoms with Gasteiger partial charge in [0, 0.05) is 10.6 Å². The summed E-state index contributed by atoms with van der Waals surface area (Å²) in [6.07, 6.45) is 1.69. The summed E-state index contributed by atoms with van der Waals surface area (Å²) in [5.74, 6) is 0. The van der Waals surface area contributed by atoms with Gasteiger partial charge in [-0.1, -0.05) is 29.8 Å². The molecule has 1 fully saturated rings. The lowest BCUT2D eigenvalue weighted by Crippen LogP contribution is -2.05. The summed E-state index contributed by atoms with van der Waals surface area (Å²) in [5, 5.41) is 10.5. The molecule has 1 saturated carbocycles. The van der Waals surface area contributed by atoms with Gasteiger partial charge < -0.3 is 5.11 Å². The molecule has 64 valence electrons. The number of rotatable bonds is 1. The minimum atomic E-state index is -0.608. The van der Waals surface area contributed by atoms with Gasteiger partial charge in [-0.3, -0.25) is 0 Å². The molecular weight excluding hydrogens is 172 g/mol. The summed E-state index contributed by atoms with van der Waals surface area (Å²) < 4.78 is 0. The van der Waals surface area contributed by atoms with Gasteiger partial charge in [-0.05, 0) is 25.3 Å². The van der Waals surface area contributed by atoms with Crippen LogP contribution < -0.4 is 0 Å². The highest BCUT2D eigenvalue weighted by Crippen LogP contribution is 2.48. The highest BCUT2D eigenvalue weighted by Gasteiger charge is 2.43. The monoisotopic (exact) mass is 182 g/mol. The summed E-state index contributed by atoms with van der Waals surface area (Å²) in [4.78, 5) is 0. The number of benzene rings is 1. The molecule has 0 heterocycles. The molecule has 0 bridgehead atoms. The topological polar surface area (TPSA) is 20.2 Å². The van der Waals surface area contributed by atoms with Gasteiger partial charge in [0.15, 0.2) is 0 Å². The van der Waals surface area contributed by atoms with Crippen LogP contribution in [0.25, 0.3) is 0 Å². The number of hydrogen-bond acceptors (Lipinski definition) is 1. The van der Waals surface area contributed by atoms with Crippen molar-refractivity contribution in [3.63, 3.8) is 0 Å². The van der Waals surface area contributed by atoms with Crippen molar-refractivity contribution in [1.29, 1.82) is 0 Å². The van der Waals surface area contributed by atoms with Crippen molar-refractivity contribution in [2.75, 3.05) is 0 Å². The summed E-state index contributed by atoms with van der Waals surface area (Å²) >= 11 is 6.06. The minimum Gasteiger partial charge on any atom is -0.385 e. The van der Waals surface area contributed by atoms with Crippen LogP contribution in [0.1, 0.15) is 24.0 Å². The van der Waals surface area contributed by atoms with Crippen molar-refractivity contribution in [3.05, 3.63) is 34.3 Å². The molecule has 1 aliphatic rings. The normalized spacial score (nSPS) is 19.2. The van der Waals surface area contributed by atoms with Crippen LogP contribution in [0.3, 0.4) is 0 Å². The second-order valence-corrected chi connectivity index (χ2v) is 3.85. The maximum Gasteiger partial charge on any atom is 0.0913 e. The Labute approximate surface area is 77.0 Å². The van der Waals surface area contributed by atoms with Gasteiger partial charge in [-0.25, -0.2) is 0 Å². The highest BCUT2D eigenvalue weighted by molar-refractivity contribution is 6.32. The van der Waals surface area contributed by atoms with Crippen molar-refractivity contribution in [1.82, 2.24) is 0 Å². The molecule has 1 N–H and O–H groups in total. The smallest absolute Gasteiger partial charge is 0.0913 e. The Bertz CT molecular complexity index is 316. The second kappa shape index (κ2) is 2.48. The minimum absolute atomic E-state index is 0.608. The standard InChI is InChI=1S/C10H11ClO/c1-7-3-2-4-8(9(7)11)10(12)5-6-10/h2-4,12H,5-6H2,1H3. The van der Waals surface area contributed by atoms with Crippen molar-refractivity contribution in [3.8, 4) is 0 Å². The lowest BCUT2D eigenvalue weighted by molar-refractivity contribution is 0.151. The van der Waals surface area contributed by atoms with Gasteiger partial charge in [0.2, 0.25) is 0 Å². The van der Waals surface area contributed by atoms with Crippen LogP contribution in [0, 0.1) is 6.92 Å². The molecule has 0 saturated heterocycles. The lowest BCUT2D eigenvalue weighted by atomic mass is 10.1. The molecule has 0 amide bonds. The Morgan fingerprint density at radius 3 is 2.67 bits per heavy atom. The van der Waals surface area contributed by atoms with Crippen molar-refractivity contribution < 1.29 is 5.11 Å². The fourth-order valence-electron chi connectivity index (χ4n) is 1.39. The fraction of sp³-hybridized carbons (Fsp3) is 0.400. The van der Waals surface area contributed by atoms with Crippen LogP contribution in [-0.4, -0.2) is 5.11 Å². The quantitative estimate of drug-likeness (QED) is 0.708. The number of hydrogen-bond donors (Lipinski definition) is 1. The number of aryl methyl sites for hydroxylation is 1. The van der Waals surface area contributed by atoms with Crippen LogP contribution >= 0.6 is 11.6 Å². The van der Waals surface area contributed by atoms with E-state index in [4.69, 9.17) is 11.6 Å². The molecule has 12 heavy (non-hydrogen) atoms. The van der Waals surface area contributed by atoms with E-state index in [1.807, 2.05) is 25.1 Å².